The highest BCUT2D eigenvalue weighted by molar-refractivity contribution is 7.89. The van der Waals surface area contributed by atoms with Gasteiger partial charge in [0, 0.05) is 45.5 Å². The molecule has 0 aliphatic carbocycles. The highest BCUT2D eigenvalue weighted by atomic mass is 32.2. The molecular weight excluding hydrogens is 356 g/mol. The van der Waals surface area contributed by atoms with Crippen LogP contribution in [0.25, 0.3) is 6.08 Å². The Kier molecular flexibility index (Phi) is 5.28. The Morgan fingerprint density at radius 2 is 2.08 bits per heavy atom. The number of carbonyl (C=O) groups is 1. The number of rotatable bonds is 4. The fourth-order valence-corrected chi connectivity index (χ4v) is 4.28. The summed E-state index contributed by atoms with van der Waals surface area (Å²) in [7, 11) is -1.89. The fraction of sp³-hybridized carbons (Fsp3) is 0.412. The molecule has 0 unspecified atom stereocenters. The number of carbonyl (C=O) groups excluding carboxylic acids is 1. The summed E-state index contributed by atoms with van der Waals surface area (Å²) in [6.07, 6.45) is 6.69. The normalized spacial score (nSPS) is 16.9. The average molecular weight is 378 g/mol. The van der Waals surface area contributed by atoms with Crippen LogP contribution in [0.1, 0.15) is 18.0 Å². The smallest absolute Gasteiger partial charge is 0.262 e. The number of imidazole rings is 1. The Bertz CT molecular complexity index is 880. The highest BCUT2D eigenvalue weighted by Gasteiger charge is 2.29. The van der Waals surface area contributed by atoms with E-state index >= 15 is 0 Å². The van der Waals surface area contributed by atoms with Gasteiger partial charge in [-0.1, -0.05) is 0 Å². The Morgan fingerprint density at radius 3 is 2.73 bits per heavy atom. The maximum Gasteiger partial charge on any atom is 0.262 e. The summed E-state index contributed by atoms with van der Waals surface area (Å²) in [4.78, 5) is 18.1. The van der Waals surface area contributed by atoms with Crippen molar-refractivity contribution in [3.63, 3.8) is 0 Å². The summed E-state index contributed by atoms with van der Waals surface area (Å²) < 4.78 is 33.8. The van der Waals surface area contributed by atoms with Gasteiger partial charge in [-0.3, -0.25) is 4.79 Å². The number of nitrogens with zero attached hydrogens (tertiary/aromatic N) is 4. The number of hydrogen-bond acceptors (Lipinski definition) is 5. The Morgan fingerprint density at radius 1 is 1.27 bits per heavy atom. The number of aromatic nitrogens is 2. The minimum absolute atomic E-state index is 0.0509. The molecule has 0 radical (unpaired) electrons. The number of sulfonamides is 1. The molecule has 0 saturated carbocycles. The molecule has 1 fully saturated rings. The third-order valence-electron chi connectivity index (χ3n) is 4.39. The molecule has 26 heavy (non-hydrogen) atoms. The number of aryl methyl sites for hydroxylation is 2. The van der Waals surface area contributed by atoms with E-state index in [0.29, 0.717) is 37.6 Å². The second-order valence-electron chi connectivity index (χ2n) is 6.17. The molecule has 3 heterocycles. The van der Waals surface area contributed by atoms with Gasteiger partial charge in [-0.15, -0.1) is 0 Å². The predicted octanol–water partition coefficient (Wildman–Crippen LogP) is 1.26. The molecule has 1 aliphatic heterocycles. The van der Waals surface area contributed by atoms with Gasteiger partial charge in [0.1, 0.15) is 11.6 Å². The summed E-state index contributed by atoms with van der Waals surface area (Å²) in [6.45, 7) is 3.22. The van der Waals surface area contributed by atoms with Crippen LogP contribution in [0.15, 0.2) is 40.1 Å². The van der Waals surface area contributed by atoms with Gasteiger partial charge in [-0.2, -0.15) is 4.31 Å². The molecule has 1 saturated heterocycles. The lowest BCUT2D eigenvalue weighted by molar-refractivity contribution is -0.125. The second-order valence-corrected chi connectivity index (χ2v) is 8.05. The summed E-state index contributed by atoms with van der Waals surface area (Å²) in [6, 6.07) is 3.51. The van der Waals surface area contributed by atoms with E-state index in [1.807, 2.05) is 0 Å². The molecule has 0 N–H and O–H groups in total. The van der Waals surface area contributed by atoms with E-state index in [1.165, 1.54) is 22.8 Å². The molecule has 140 valence electrons. The van der Waals surface area contributed by atoms with Crippen LogP contribution < -0.4 is 0 Å². The van der Waals surface area contributed by atoms with Gasteiger partial charge < -0.3 is 13.9 Å². The molecule has 0 aromatic carbocycles. The third kappa shape index (κ3) is 3.88. The van der Waals surface area contributed by atoms with Crippen LogP contribution in [0.5, 0.6) is 0 Å². The van der Waals surface area contributed by atoms with Crippen LogP contribution in [0.4, 0.5) is 0 Å². The lowest BCUT2D eigenvalue weighted by Gasteiger charge is -2.20. The van der Waals surface area contributed by atoms with Crippen LogP contribution in [0.3, 0.4) is 0 Å². The molecule has 2 aromatic heterocycles. The van der Waals surface area contributed by atoms with Crippen LogP contribution in [0, 0.1) is 6.92 Å². The molecule has 0 atom stereocenters. The lowest BCUT2D eigenvalue weighted by Crippen LogP contribution is -2.36. The van der Waals surface area contributed by atoms with Gasteiger partial charge in [-0.05, 0) is 31.6 Å². The topological polar surface area (TPSA) is 88.7 Å². The molecule has 0 spiro atoms. The number of amides is 1. The van der Waals surface area contributed by atoms with Crippen molar-refractivity contribution in [3.05, 3.63) is 42.3 Å². The SMILES string of the molecule is Cc1nc(S(=O)(=O)N2CCCN(C(=O)C=Cc3ccco3)CC2)cn1C. The first kappa shape index (κ1) is 18.4. The first-order chi connectivity index (χ1) is 12.4. The zero-order chi connectivity index (χ0) is 18.7. The zero-order valence-corrected chi connectivity index (χ0v) is 15.6. The van der Waals surface area contributed by atoms with Crippen molar-refractivity contribution < 1.29 is 17.6 Å². The van der Waals surface area contributed by atoms with E-state index in [9.17, 15) is 13.2 Å². The fourth-order valence-electron chi connectivity index (χ4n) is 2.78. The minimum atomic E-state index is -3.65. The lowest BCUT2D eigenvalue weighted by atomic mass is 10.3. The molecule has 2 aromatic rings. The molecular formula is C17H22N4O4S. The monoisotopic (exact) mass is 378 g/mol. The van der Waals surface area contributed by atoms with E-state index in [2.05, 4.69) is 4.98 Å². The van der Waals surface area contributed by atoms with E-state index in [-0.39, 0.29) is 17.5 Å². The quantitative estimate of drug-likeness (QED) is 0.748. The average Bonchev–Trinajstić information content (AvgIpc) is 3.15. The van der Waals surface area contributed by atoms with Crippen molar-refractivity contribution >= 4 is 22.0 Å². The predicted molar refractivity (Wildman–Crippen MR) is 95.6 cm³/mol. The van der Waals surface area contributed by atoms with Gasteiger partial charge in [0.25, 0.3) is 10.0 Å². The van der Waals surface area contributed by atoms with Crippen molar-refractivity contribution in [1.82, 2.24) is 18.8 Å². The van der Waals surface area contributed by atoms with Crippen molar-refractivity contribution in [1.29, 1.82) is 0 Å². The van der Waals surface area contributed by atoms with Gasteiger partial charge in [0.2, 0.25) is 5.91 Å². The second kappa shape index (κ2) is 7.46. The standard InChI is InChI=1S/C17H22N4O4S/c1-14-18-16(13-19(14)2)26(23,24)21-9-4-8-20(10-11-21)17(22)7-6-15-5-3-12-25-15/h3,5-7,12-13H,4,8-11H2,1-2H3. The van der Waals surface area contributed by atoms with Crippen LogP contribution in [0.2, 0.25) is 0 Å². The van der Waals surface area contributed by atoms with Gasteiger partial charge in [-0.25, -0.2) is 13.4 Å². The van der Waals surface area contributed by atoms with E-state index in [4.69, 9.17) is 4.42 Å². The molecule has 0 bridgehead atoms. The van der Waals surface area contributed by atoms with Gasteiger partial charge in [0.05, 0.1) is 6.26 Å². The van der Waals surface area contributed by atoms with Crippen LogP contribution >= 0.6 is 0 Å². The van der Waals surface area contributed by atoms with Gasteiger partial charge >= 0.3 is 0 Å². The zero-order valence-electron chi connectivity index (χ0n) is 14.8. The van der Waals surface area contributed by atoms with Gasteiger partial charge in [0.15, 0.2) is 5.03 Å². The molecule has 3 rings (SSSR count). The largest absolute Gasteiger partial charge is 0.465 e. The Hall–Kier alpha value is -2.39. The highest BCUT2D eigenvalue weighted by Crippen LogP contribution is 2.17. The summed E-state index contributed by atoms with van der Waals surface area (Å²) in [5, 5.41) is 0.0509. The van der Waals surface area contributed by atoms with E-state index in [1.54, 1.807) is 41.6 Å². The van der Waals surface area contributed by atoms with Crippen LogP contribution in [-0.4, -0.2) is 59.3 Å². The van der Waals surface area contributed by atoms with Crippen molar-refractivity contribution in [2.75, 3.05) is 26.2 Å². The Balaban J connectivity index is 1.67. The Labute approximate surface area is 152 Å². The molecule has 8 nitrogen and oxygen atoms in total. The molecule has 1 amide bonds. The third-order valence-corrected chi connectivity index (χ3v) is 6.16. The molecule has 9 heteroatoms. The van der Waals surface area contributed by atoms with E-state index < -0.39 is 10.0 Å². The van der Waals surface area contributed by atoms with Crippen molar-refractivity contribution in [3.8, 4) is 0 Å². The van der Waals surface area contributed by atoms with Crippen molar-refractivity contribution in [2.24, 2.45) is 7.05 Å². The minimum Gasteiger partial charge on any atom is -0.465 e. The summed E-state index contributed by atoms with van der Waals surface area (Å²) in [5.41, 5.74) is 0. The first-order valence-corrected chi connectivity index (χ1v) is 9.82. The maximum absolute atomic E-state index is 12.8. The first-order valence-electron chi connectivity index (χ1n) is 8.38. The number of furan rings is 1. The summed E-state index contributed by atoms with van der Waals surface area (Å²) >= 11 is 0. The number of hydrogen-bond donors (Lipinski definition) is 0. The van der Waals surface area contributed by atoms with Crippen molar-refractivity contribution in [2.45, 2.75) is 18.4 Å². The summed E-state index contributed by atoms with van der Waals surface area (Å²) in [5.74, 6) is 1.08. The maximum atomic E-state index is 12.8. The van der Waals surface area contributed by atoms with Crippen LogP contribution in [-0.2, 0) is 21.9 Å². The van der Waals surface area contributed by atoms with E-state index in [0.717, 1.165) is 0 Å². The molecule has 1 aliphatic rings.